The lowest BCUT2D eigenvalue weighted by Gasteiger charge is -2.11. The minimum Gasteiger partial charge on any atom is -0.392 e. The van der Waals surface area contributed by atoms with E-state index in [2.05, 4.69) is 5.32 Å². The van der Waals surface area contributed by atoms with Gasteiger partial charge in [-0.1, -0.05) is 30.3 Å². The van der Waals surface area contributed by atoms with Crippen LogP contribution in [-0.4, -0.2) is 11.0 Å². The van der Waals surface area contributed by atoms with Crippen LogP contribution in [0.5, 0.6) is 0 Å². The van der Waals surface area contributed by atoms with Gasteiger partial charge in [0.2, 0.25) is 5.91 Å². The van der Waals surface area contributed by atoms with Crippen LogP contribution in [0, 0.1) is 12.8 Å². The van der Waals surface area contributed by atoms with Crippen LogP contribution >= 0.6 is 0 Å². The van der Waals surface area contributed by atoms with Gasteiger partial charge in [0.15, 0.2) is 0 Å². The number of carbonyl (C=O) groups is 1. The number of rotatable bonds is 4. The van der Waals surface area contributed by atoms with E-state index in [4.69, 9.17) is 0 Å². The van der Waals surface area contributed by atoms with Gasteiger partial charge in [0, 0.05) is 11.6 Å². The van der Waals surface area contributed by atoms with E-state index in [0.717, 1.165) is 17.7 Å². The van der Waals surface area contributed by atoms with E-state index in [-0.39, 0.29) is 24.3 Å². The molecule has 0 bridgehead atoms. The SMILES string of the molecule is Cc1ccc(CO)cc1NC(=O)C1CC1c1cccc(C(F)(F)F)c1. The Hall–Kier alpha value is -2.34. The molecule has 6 heteroatoms. The minimum absolute atomic E-state index is 0.126. The van der Waals surface area contributed by atoms with Gasteiger partial charge in [-0.2, -0.15) is 13.2 Å². The van der Waals surface area contributed by atoms with E-state index in [0.29, 0.717) is 23.2 Å². The molecule has 1 aliphatic carbocycles. The molecular formula is C19H18F3NO2. The van der Waals surface area contributed by atoms with Crippen LogP contribution in [0.25, 0.3) is 0 Å². The van der Waals surface area contributed by atoms with Gasteiger partial charge in [0.1, 0.15) is 0 Å². The molecule has 1 amide bonds. The van der Waals surface area contributed by atoms with E-state index in [1.807, 2.05) is 6.92 Å². The predicted octanol–water partition coefficient (Wildman–Crippen LogP) is 4.25. The number of aliphatic hydroxyl groups is 1. The van der Waals surface area contributed by atoms with E-state index in [1.54, 1.807) is 24.3 Å². The number of carbonyl (C=O) groups excluding carboxylic acids is 1. The summed E-state index contributed by atoms with van der Waals surface area (Å²) in [6, 6.07) is 10.4. The third kappa shape index (κ3) is 3.85. The van der Waals surface area contributed by atoms with E-state index < -0.39 is 11.7 Å². The zero-order chi connectivity index (χ0) is 18.2. The molecule has 25 heavy (non-hydrogen) atoms. The van der Waals surface area contributed by atoms with Crippen molar-refractivity contribution in [2.75, 3.05) is 5.32 Å². The molecule has 0 spiro atoms. The summed E-state index contributed by atoms with van der Waals surface area (Å²) < 4.78 is 38.4. The molecule has 1 saturated carbocycles. The summed E-state index contributed by atoms with van der Waals surface area (Å²) in [6.07, 6.45) is -3.85. The molecule has 2 aromatic rings. The van der Waals surface area contributed by atoms with Crippen molar-refractivity contribution < 1.29 is 23.1 Å². The van der Waals surface area contributed by atoms with Crippen molar-refractivity contribution in [2.45, 2.75) is 32.0 Å². The Morgan fingerprint density at radius 2 is 2.00 bits per heavy atom. The lowest BCUT2D eigenvalue weighted by molar-refractivity contribution is -0.137. The van der Waals surface area contributed by atoms with E-state index >= 15 is 0 Å². The summed E-state index contributed by atoms with van der Waals surface area (Å²) in [6.45, 7) is 1.72. The van der Waals surface area contributed by atoms with E-state index in [9.17, 15) is 23.1 Å². The van der Waals surface area contributed by atoms with Crippen LogP contribution < -0.4 is 5.32 Å². The molecule has 1 fully saturated rings. The molecule has 0 heterocycles. The largest absolute Gasteiger partial charge is 0.416 e. The van der Waals surface area contributed by atoms with Gasteiger partial charge in [-0.15, -0.1) is 0 Å². The van der Waals surface area contributed by atoms with Crippen molar-refractivity contribution in [2.24, 2.45) is 5.92 Å². The molecule has 132 valence electrons. The quantitative estimate of drug-likeness (QED) is 0.867. The molecule has 0 aliphatic heterocycles. The molecule has 2 unspecified atom stereocenters. The Kier molecular flexibility index (Phi) is 4.56. The number of anilines is 1. The molecule has 0 aromatic heterocycles. The lowest BCUT2D eigenvalue weighted by Crippen LogP contribution is -2.15. The molecular weight excluding hydrogens is 331 g/mol. The Morgan fingerprint density at radius 3 is 2.68 bits per heavy atom. The molecule has 3 rings (SSSR count). The fraction of sp³-hybridized carbons (Fsp3) is 0.316. The summed E-state index contributed by atoms with van der Waals surface area (Å²) in [5.74, 6) is -0.732. The van der Waals surface area contributed by atoms with Crippen molar-refractivity contribution in [1.29, 1.82) is 0 Å². The van der Waals surface area contributed by atoms with Crippen LogP contribution in [0.4, 0.5) is 18.9 Å². The van der Waals surface area contributed by atoms with Gasteiger partial charge in [-0.3, -0.25) is 4.79 Å². The number of halogens is 3. The van der Waals surface area contributed by atoms with Gasteiger partial charge in [-0.05, 0) is 48.1 Å². The number of benzene rings is 2. The van der Waals surface area contributed by atoms with Gasteiger partial charge in [0.25, 0.3) is 0 Å². The zero-order valence-electron chi connectivity index (χ0n) is 13.6. The van der Waals surface area contributed by atoms with Gasteiger partial charge >= 0.3 is 6.18 Å². The Labute approximate surface area is 143 Å². The third-order valence-electron chi connectivity index (χ3n) is 4.51. The number of aryl methyl sites for hydroxylation is 1. The number of alkyl halides is 3. The van der Waals surface area contributed by atoms with Gasteiger partial charge in [-0.25, -0.2) is 0 Å². The third-order valence-corrected chi connectivity index (χ3v) is 4.51. The van der Waals surface area contributed by atoms with Crippen LogP contribution in [0.2, 0.25) is 0 Å². The van der Waals surface area contributed by atoms with Crippen molar-refractivity contribution in [3.63, 3.8) is 0 Å². The summed E-state index contributed by atoms with van der Waals surface area (Å²) in [4.78, 5) is 12.4. The standard InChI is InChI=1S/C19H18F3NO2/c1-11-5-6-12(10-24)7-17(11)23-18(25)16-9-15(16)13-3-2-4-14(8-13)19(20,21)22/h2-8,15-16,24H,9-10H2,1H3,(H,23,25). The normalized spacial score (nSPS) is 19.6. The number of amides is 1. The number of hydrogen-bond acceptors (Lipinski definition) is 2. The highest BCUT2D eigenvalue weighted by Gasteiger charge is 2.44. The van der Waals surface area contributed by atoms with Crippen molar-refractivity contribution >= 4 is 11.6 Å². The molecule has 2 atom stereocenters. The maximum atomic E-state index is 12.8. The minimum atomic E-state index is -4.38. The van der Waals surface area contributed by atoms with Crippen molar-refractivity contribution in [1.82, 2.24) is 0 Å². The second kappa shape index (κ2) is 6.52. The molecule has 2 aromatic carbocycles. The van der Waals surface area contributed by atoms with Crippen LogP contribution in [-0.2, 0) is 17.6 Å². The second-order valence-corrected chi connectivity index (χ2v) is 6.37. The average molecular weight is 349 g/mol. The number of nitrogens with one attached hydrogen (secondary N) is 1. The zero-order valence-corrected chi connectivity index (χ0v) is 13.6. The fourth-order valence-corrected chi connectivity index (χ4v) is 2.93. The Balaban J connectivity index is 1.71. The smallest absolute Gasteiger partial charge is 0.392 e. The first-order chi connectivity index (χ1) is 11.8. The summed E-state index contributed by atoms with van der Waals surface area (Å²) in [5, 5.41) is 12.0. The highest BCUT2D eigenvalue weighted by atomic mass is 19.4. The summed E-state index contributed by atoms with van der Waals surface area (Å²) in [5.41, 5.74) is 2.01. The molecule has 1 aliphatic rings. The van der Waals surface area contributed by atoms with E-state index in [1.165, 1.54) is 6.07 Å². The molecule has 0 radical (unpaired) electrons. The van der Waals surface area contributed by atoms with Crippen LogP contribution in [0.1, 0.15) is 34.6 Å². The Bertz CT molecular complexity index is 801. The first-order valence-electron chi connectivity index (χ1n) is 7.98. The highest BCUT2D eigenvalue weighted by Crippen LogP contribution is 2.49. The van der Waals surface area contributed by atoms with Crippen LogP contribution in [0.15, 0.2) is 42.5 Å². The topological polar surface area (TPSA) is 49.3 Å². The first kappa shape index (κ1) is 17.5. The average Bonchev–Trinajstić information content (AvgIpc) is 3.37. The van der Waals surface area contributed by atoms with Crippen LogP contribution in [0.3, 0.4) is 0 Å². The molecule has 3 nitrogen and oxygen atoms in total. The summed E-state index contributed by atoms with van der Waals surface area (Å²) in [7, 11) is 0. The maximum absolute atomic E-state index is 12.8. The maximum Gasteiger partial charge on any atom is 0.416 e. The lowest BCUT2D eigenvalue weighted by atomic mass is 10.0. The Morgan fingerprint density at radius 1 is 1.24 bits per heavy atom. The first-order valence-corrected chi connectivity index (χ1v) is 7.98. The van der Waals surface area contributed by atoms with Gasteiger partial charge < -0.3 is 10.4 Å². The van der Waals surface area contributed by atoms with Crippen molar-refractivity contribution in [3.05, 3.63) is 64.7 Å². The predicted molar refractivity (Wildman–Crippen MR) is 88.0 cm³/mol. The molecule has 0 saturated heterocycles. The molecule has 2 N–H and O–H groups in total. The summed E-state index contributed by atoms with van der Waals surface area (Å²) >= 11 is 0. The monoisotopic (exact) mass is 349 g/mol. The second-order valence-electron chi connectivity index (χ2n) is 6.37. The fourth-order valence-electron chi connectivity index (χ4n) is 2.93. The number of aliphatic hydroxyl groups excluding tert-OH is 1. The number of hydrogen-bond donors (Lipinski definition) is 2. The van der Waals surface area contributed by atoms with Gasteiger partial charge in [0.05, 0.1) is 12.2 Å². The highest BCUT2D eigenvalue weighted by molar-refractivity contribution is 5.95. The van der Waals surface area contributed by atoms with Crippen molar-refractivity contribution in [3.8, 4) is 0 Å².